The molecule has 0 heterocycles. The predicted octanol–water partition coefficient (Wildman–Crippen LogP) is 2.20. The lowest BCUT2D eigenvalue weighted by molar-refractivity contribution is 0.0668. The Morgan fingerprint density at radius 1 is 1.27 bits per heavy atom. The molecule has 0 aliphatic carbocycles. The molecule has 1 atom stereocenters. The van der Waals surface area contributed by atoms with Crippen molar-refractivity contribution in [1.82, 2.24) is 0 Å². The van der Waals surface area contributed by atoms with Gasteiger partial charge in [0.1, 0.15) is 0 Å². The smallest absolute Gasteiger partial charge is 0.0990 e. The normalized spacial score (nSPS) is 14.9. The second-order valence-electron chi connectivity index (χ2n) is 4.28. The molecule has 0 saturated heterocycles. The molecule has 0 amide bonds. The summed E-state index contributed by atoms with van der Waals surface area (Å²) in [5, 5.41) is 9.94. The van der Waals surface area contributed by atoms with E-state index in [0.29, 0.717) is 0 Å². The summed E-state index contributed by atoms with van der Waals surface area (Å²) in [6.45, 7) is 4.18. The Bertz CT molecular complexity index is 290. The van der Waals surface area contributed by atoms with E-state index >= 15 is 0 Å². The maximum Gasteiger partial charge on any atom is 0.0990 e. The van der Waals surface area contributed by atoms with Gasteiger partial charge >= 0.3 is 0 Å². The molecule has 0 spiro atoms. The first kappa shape index (κ1) is 12.2. The van der Waals surface area contributed by atoms with Crippen LogP contribution in [0.1, 0.15) is 37.8 Å². The van der Waals surface area contributed by atoms with Crippen LogP contribution in [0.2, 0.25) is 0 Å². The molecule has 0 aliphatic heterocycles. The molecule has 0 aromatic heterocycles. The molecule has 0 aliphatic rings. The molecule has 1 unspecified atom stereocenters. The van der Waals surface area contributed by atoms with Crippen molar-refractivity contribution in [2.24, 2.45) is 5.73 Å². The van der Waals surface area contributed by atoms with Crippen LogP contribution in [0.4, 0.5) is 0 Å². The number of hydrogen-bond acceptors (Lipinski definition) is 2. The quantitative estimate of drug-likeness (QED) is 0.777. The Labute approximate surface area is 92.1 Å². The number of benzene rings is 1. The maximum atomic E-state index is 9.94. The standard InChI is InChI=1S/C13H21NO/c1-3-4-5-11-6-8-12(9-7-11)13(2,15)10-14/h6-9,15H,3-5,10,14H2,1-2H3. The first-order chi connectivity index (χ1) is 7.10. The fourth-order valence-electron chi connectivity index (χ4n) is 1.53. The molecule has 84 valence electrons. The molecular weight excluding hydrogens is 186 g/mol. The molecule has 1 aromatic carbocycles. The number of aliphatic hydroxyl groups is 1. The minimum atomic E-state index is -0.900. The number of aryl methyl sites for hydroxylation is 1. The van der Waals surface area contributed by atoms with Gasteiger partial charge in [0, 0.05) is 6.54 Å². The van der Waals surface area contributed by atoms with E-state index in [2.05, 4.69) is 19.1 Å². The Balaban J connectivity index is 2.72. The third-order valence-electron chi connectivity index (χ3n) is 2.79. The van der Waals surface area contributed by atoms with Crippen LogP contribution < -0.4 is 5.73 Å². The molecule has 15 heavy (non-hydrogen) atoms. The van der Waals surface area contributed by atoms with E-state index in [1.165, 1.54) is 18.4 Å². The van der Waals surface area contributed by atoms with Gasteiger partial charge in [-0.15, -0.1) is 0 Å². The number of hydrogen-bond donors (Lipinski definition) is 2. The Morgan fingerprint density at radius 3 is 2.33 bits per heavy atom. The lowest BCUT2D eigenvalue weighted by Gasteiger charge is -2.21. The van der Waals surface area contributed by atoms with Gasteiger partial charge in [0.25, 0.3) is 0 Å². The minimum Gasteiger partial charge on any atom is -0.384 e. The molecule has 0 bridgehead atoms. The zero-order valence-electron chi connectivity index (χ0n) is 9.66. The van der Waals surface area contributed by atoms with Gasteiger partial charge in [-0.2, -0.15) is 0 Å². The fourth-order valence-corrected chi connectivity index (χ4v) is 1.53. The lowest BCUT2D eigenvalue weighted by Crippen LogP contribution is -2.31. The lowest BCUT2D eigenvalue weighted by atomic mass is 9.94. The highest BCUT2D eigenvalue weighted by molar-refractivity contribution is 5.27. The van der Waals surface area contributed by atoms with Gasteiger partial charge < -0.3 is 10.8 Å². The topological polar surface area (TPSA) is 46.2 Å². The largest absolute Gasteiger partial charge is 0.384 e. The molecule has 1 aromatic rings. The van der Waals surface area contributed by atoms with Gasteiger partial charge in [0.2, 0.25) is 0 Å². The third-order valence-corrected chi connectivity index (χ3v) is 2.79. The van der Waals surface area contributed by atoms with Crippen molar-refractivity contribution in [1.29, 1.82) is 0 Å². The summed E-state index contributed by atoms with van der Waals surface area (Å²) in [5.74, 6) is 0. The molecule has 0 radical (unpaired) electrons. The summed E-state index contributed by atoms with van der Waals surface area (Å²) in [5.41, 5.74) is 6.83. The van der Waals surface area contributed by atoms with Crippen molar-refractivity contribution in [2.45, 2.75) is 38.7 Å². The highest BCUT2D eigenvalue weighted by Gasteiger charge is 2.20. The summed E-state index contributed by atoms with van der Waals surface area (Å²) < 4.78 is 0. The monoisotopic (exact) mass is 207 g/mol. The third kappa shape index (κ3) is 3.33. The van der Waals surface area contributed by atoms with Gasteiger partial charge in [-0.25, -0.2) is 0 Å². The molecule has 2 heteroatoms. The number of unbranched alkanes of at least 4 members (excludes halogenated alkanes) is 1. The highest BCUT2D eigenvalue weighted by atomic mass is 16.3. The second kappa shape index (κ2) is 5.29. The van der Waals surface area contributed by atoms with Crippen LogP contribution in [-0.4, -0.2) is 11.7 Å². The van der Waals surface area contributed by atoms with E-state index < -0.39 is 5.60 Å². The van der Waals surface area contributed by atoms with Crippen molar-refractivity contribution in [3.63, 3.8) is 0 Å². The van der Waals surface area contributed by atoms with Crippen LogP contribution in [0, 0.1) is 0 Å². The van der Waals surface area contributed by atoms with E-state index in [1.54, 1.807) is 6.92 Å². The SMILES string of the molecule is CCCCc1ccc(C(C)(O)CN)cc1. The second-order valence-corrected chi connectivity index (χ2v) is 4.28. The predicted molar refractivity (Wildman–Crippen MR) is 63.7 cm³/mol. The summed E-state index contributed by atoms with van der Waals surface area (Å²) in [7, 11) is 0. The summed E-state index contributed by atoms with van der Waals surface area (Å²) in [4.78, 5) is 0. The van der Waals surface area contributed by atoms with Gasteiger partial charge in [0.05, 0.1) is 5.60 Å². The Kier molecular flexibility index (Phi) is 4.30. The van der Waals surface area contributed by atoms with Crippen molar-refractivity contribution < 1.29 is 5.11 Å². The minimum absolute atomic E-state index is 0.251. The zero-order chi connectivity index (χ0) is 11.3. The molecule has 1 rings (SSSR count). The van der Waals surface area contributed by atoms with Crippen LogP contribution >= 0.6 is 0 Å². The average molecular weight is 207 g/mol. The van der Waals surface area contributed by atoms with Crippen molar-refractivity contribution in [2.75, 3.05) is 6.54 Å². The van der Waals surface area contributed by atoms with Crippen LogP contribution in [0.15, 0.2) is 24.3 Å². The van der Waals surface area contributed by atoms with Crippen molar-refractivity contribution in [3.05, 3.63) is 35.4 Å². The van der Waals surface area contributed by atoms with Crippen LogP contribution in [-0.2, 0) is 12.0 Å². The highest BCUT2D eigenvalue weighted by Crippen LogP contribution is 2.19. The first-order valence-electron chi connectivity index (χ1n) is 5.62. The molecular formula is C13H21NO. The summed E-state index contributed by atoms with van der Waals surface area (Å²) >= 11 is 0. The molecule has 0 saturated carbocycles. The molecule has 0 fully saturated rings. The summed E-state index contributed by atoms with van der Waals surface area (Å²) in [6.07, 6.45) is 3.54. The van der Waals surface area contributed by atoms with Gasteiger partial charge in [-0.05, 0) is 30.9 Å². The zero-order valence-corrected chi connectivity index (χ0v) is 9.66. The van der Waals surface area contributed by atoms with E-state index in [9.17, 15) is 5.11 Å². The van der Waals surface area contributed by atoms with Crippen molar-refractivity contribution >= 4 is 0 Å². The van der Waals surface area contributed by atoms with Gasteiger partial charge in [-0.1, -0.05) is 37.6 Å². The number of rotatable bonds is 5. The fraction of sp³-hybridized carbons (Fsp3) is 0.538. The maximum absolute atomic E-state index is 9.94. The first-order valence-corrected chi connectivity index (χ1v) is 5.62. The van der Waals surface area contributed by atoms with Gasteiger partial charge in [-0.3, -0.25) is 0 Å². The van der Waals surface area contributed by atoms with Crippen LogP contribution in [0.25, 0.3) is 0 Å². The van der Waals surface area contributed by atoms with Crippen LogP contribution in [0.5, 0.6) is 0 Å². The van der Waals surface area contributed by atoms with E-state index in [1.807, 2.05) is 12.1 Å². The Morgan fingerprint density at radius 2 is 1.87 bits per heavy atom. The van der Waals surface area contributed by atoms with Crippen LogP contribution in [0.3, 0.4) is 0 Å². The van der Waals surface area contributed by atoms with Gasteiger partial charge in [0.15, 0.2) is 0 Å². The molecule has 2 nitrogen and oxygen atoms in total. The molecule has 3 N–H and O–H groups in total. The van der Waals surface area contributed by atoms with E-state index in [-0.39, 0.29) is 6.54 Å². The summed E-state index contributed by atoms with van der Waals surface area (Å²) in [6, 6.07) is 8.10. The van der Waals surface area contributed by atoms with Crippen molar-refractivity contribution in [3.8, 4) is 0 Å². The number of nitrogens with two attached hydrogens (primary N) is 1. The van der Waals surface area contributed by atoms with E-state index in [0.717, 1.165) is 12.0 Å². The average Bonchev–Trinajstić information content (AvgIpc) is 2.27. The van der Waals surface area contributed by atoms with E-state index in [4.69, 9.17) is 5.73 Å². The Hall–Kier alpha value is -0.860.